The van der Waals surface area contributed by atoms with Crippen LogP contribution in [0, 0.1) is 0 Å². The number of halogens is 3. The molecule has 0 spiro atoms. The van der Waals surface area contributed by atoms with Crippen molar-refractivity contribution >= 4 is 0 Å². The van der Waals surface area contributed by atoms with Gasteiger partial charge in [0.25, 0.3) is 0 Å². The van der Waals surface area contributed by atoms with E-state index in [0.717, 1.165) is 47.7 Å². The van der Waals surface area contributed by atoms with Crippen molar-refractivity contribution in [3.8, 4) is 11.4 Å². The van der Waals surface area contributed by atoms with Gasteiger partial charge in [-0.15, -0.1) is 0 Å². The Hall–Kier alpha value is -1.83. The van der Waals surface area contributed by atoms with E-state index < -0.39 is 11.9 Å². The summed E-state index contributed by atoms with van der Waals surface area (Å²) in [7, 11) is 3.10. The maximum atomic E-state index is 13.0. The molecule has 2 aromatic rings. The van der Waals surface area contributed by atoms with Crippen LogP contribution in [0.1, 0.15) is 42.3 Å². The summed E-state index contributed by atoms with van der Waals surface area (Å²) in [5, 5.41) is 12.2. The van der Waals surface area contributed by atoms with Crippen molar-refractivity contribution in [3.63, 3.8) is 0 Å². The van der Waals surface area contributed by atoms with E-state index in [2.05, 4.69) is 15.5 Å². The summed E-state index contributed by atoms with van der Waals surface area (Å²) in [5.41, 5.74) is 2.34. The van der Waals surface area contributed by atoms with Crippen molar-refractivity contribution < 1.29 is 13.2 Å². The Morgan fingerprint density at radius 3 is 2.65 bits per heavy atom. The molecule has 1 N–H and O–H groups in total. The van der Waals surface area contributed by atoms with Crippen molar-refractivity contribution in [2.45, 2.75) is 43.9 Å². The van der Waals surface area contributed by atoms with E-state index in [1.807, 2.05) is 0 Å². The molecule has 0 unspecified atom stereocenters. The monoisotopic (exact) mass is 325 g/mol. The quantitative estimate of drug-likeness (QED) is 0.877. The van der Waals surface area contributed by atoms with Gasteiger partial charge < -0.3 is 5.32 Å². The normalized spacial score (nSPS) is 23.9. The van der Waals surface area contributed by atoms with E-state index >= 15 is 0 Å². The molecule has 0 aliphatic carbocycles. The third-order valence-electron chi connectivity index (χ3n) is 4.85. The van der Waals surface area contributed by atoms with Gasteiger partial charge in [0.05, 0.1) is 17.4 Å². The fourth-order valence-electron chi connectivity index (χ4n) is 3.88. The predicted octanol–water partition coefficient (Wildman–Crippen LogP) is 2.58. The molecule has 2 atom stereocenters. The molecule has 2 aromatic heterocycles. The molecule has 0 saturated carbocycles. The van der Waals surface area contributed by atoms with Gasteiger partial charge in [0.2, 0.25) is 0 Å². The third-order valence-corrected chi connectivity index (χ3v) is 4.85. The van der Waals surface area contributed by atoms with Crippen LogP contribution in [0.15, 0.2) is 6.07 Å². The highest BCUT2D eigenvalue weighted by atomic mass is 19.4. The number of hydrogen-bond donors (Lipinski definition) is 1. The highest BCUT2D eigenvalue weighted by Gasteiger charge is 2.38. The van der Waals surface area contributed by atoms with Crippen LogP contribution in [0.4, 0.5) is 13.2 Å². The van der Waals surface area contributed by atoms with Gasteiger partial charge in [0.15, 0.2) is 0 Å². The van der Waals surface area contributed by atoms with Crippen LogP contribution >= 0.6 is 0 Å². The van der Waals surface area contributed by atoms with Crippen LogP contribution in [0.2, 0.25) is 0 Å². The highest BCUT2D eigenvalue weighted by molar-refractivity contribution is 5.62. The second kappa shape index (κ2) is 4.83. The van der Waals surface area contributed by atoms with Crippen molar-refractivity contribution in [1.82, 2.24) is 24.9 Å². The van der Waals surface area contributed by atoms with Gasteiger partial charge in [-0.3, -0.25) is 9.36 Å². The standard InChI is InChI=1S/C15H18F3N5/c1-22-12(15(16,17)18)7-11(20-22)14-9-6-8-4-3-5-10(19-8)13(9)21-23(14)2/h7-8,10,19H,3-6H2,1-2H3/t8-,10+/m1/s1. The molecule has 1 saturated heterocycles. The number of hydrogen-bond acceptors (Lipinski definition) is 3. The first kappa shape index (κ1) is 14.7. The Labute approximate surface area is 131 Å². The number of rotatable bonds is 1. The maximum Gasteiger partial charge on any atom is 0.433 e. The average Bonchev–Trinajstić information content (AvgIpc) is 2.99. The Morgan fingerprint density at radius 1 is 1.17 bits per heavy atom. The van der Waals surface area contributed by atoms with Gasteiger partial charge in [0.1, 0.15) is 11.4 Å². The van der Waals surface area contributed by atoms with Gasteiger partial charge >= 0.3 is 6.18 Å². The topological polar surface area (TPSA) is 47.7 Å². The number of aromatic nitrogens is 4. The van der Waals surface area contributed by atoms with E-state index in [1.54, 1.807) is 11.7 Å². The number of piperidine rings is 1. The van der Waals surface area contributed by atoms with E-state index in [-0.39, 0.29) is 6.04 Å². The molecule has 1 fully saturated rings. The zero-order chi connectivity index (χ0) is 16.4. The second-order valence-corrected chi connectivity index (χ2v) is 6.42. The molecule has 0 aromatic carbocycles. The fourth-order valence-corrected chi connectivity index (χ4v) is 3.88. The molecule has 0 amide bonds. The first-order chi connectivity index (χ1) is 10.8. The van der Waals surface area contributed by atoms with Gasteiger partial charge in [-0.05, 0) is 31.7 Å². The minimum Gasteiger partial charge on any atom is -0.305 e. The second-order valence-electron chi connectivity index (χ2n) is 6.42. The minimum atomic E-state index is -4.41. The lowest BCUT2D eigenvalue weighted by molar-refractivity contribution is -0.143. The molecule has 8 heteroatoms. The first-order valence-corrected chi connectivity index (χ1v) is 7.78. The zero-order valence-corrected chi connectivity index (χ0v) is 13.0. The number of nitrogens with one attached hydrogen (secondary N) is 1. The summed E-state index contributed by atoms with van der Waals surface area (Å²) < 4.78 is 41.7. The lowest BCUT2D eigenvalue weighted by atomic mass is 9.84. The van der Waals surface area contributed by atoms with Crippen molar-refractivity contribution in [2.24, 2.45) is 14.1 Å². The van der Waals surface area contributed by atoms with Crippen molar-refractivity contribution in [3.05, 3.63) is 23.0 Å². The zero-order valence-electron chi connectivity index (χ0n) is 13.0. The van der Waals surface area contributed by atoms with Crippen LogP contribution in [-0.4, -0.2) is 25.6 Å². The Kier molecular flexibility index (Phi) is 3.10. The number of fused-ring (bicyclic) bond motifs is 4. The molecule has 2 aliphatic heterocycles. The Bertz CT molecular complexity index is 758. The maximum absolute atomic E-state index is 13.0. The summed E-state index contributed by atoms with van der Waals surface area (Å²) in [4.78, 5) is 0. The highest BCUT2D eigenvalue weighted by Crippen LogP contribution is 2.39. The van der Waals surface area contributed by atoms with Crippen molar-refractivity contribution in [1.29, 1.82) is 0 Å². The van der Waals surface area contributed by atoms with E-state index in [4.69, 9.17) is 0 Å². The van der Waals surface area contributed by atoms with Crippen LogP contribution in [0.3, 0.4) is 0 Å². The van der Waals surface area contributed by atoms with Crippen LogP contribution in [0.25, 0.3) is 11.4 Å². The molecule has 4 rings (SSSR count). The summed E-state index contributed by atoms with van der Waals surface area (Å²) in [6, 6.07) is 1.72. The first-order valence-electron chi connectivity index (χ1n) is 7.78. The van der Waals surface area contributed by atoms with Crippen LogP contribution in [-0.2, 0) is 26.7 Å². The smallest absolute Gasteiger partial charge is 0.305 e. The molecule has 2 bridgehead atoms. The Morgan fingerprint density at radius 2 is 1.96 bits per heavy atom. The number of nitrogens with zero attached hydrogens (tertiary/aromatic N) is 4. The van der Waals surface area contributed by atoms with E-state index in [9.17, 15) is 13.2 Å². The number of aryl methyl sites for hydroxylation is 2. The van der Waals surface area contributed by atoms with Gasteiger partial charge in [-0.1, -0.05) is 0 Å². The minimum absolute atomic E-state index is 0.211. The summed E-state index contributed by atoms with van der Waals surface area (Å²) in [5.74, 6) is 0. The number of alkyl halides is 3. The fraction of sp³-hybridized carbons (Fsp3) is 0.600. The predicted molar refractivity (Wildman–Crippen MR) is 77.6 cm³/mol. The summed E-state index contributed by atoms with van der Waals surface area (Å²) >= 11 is 0. The molecule has 5 nitrogen and oxygen atoms in total. The molecular formula is C15H18F3N5. The summed E-state index contributed by atoms with van der Waals surface area (Å²) in [6.07, 6.45) is -0.324. The van der Waals surface area contributed by atoms with E-state index in [0.29, 0.717) is 17.4 Å². The molecule has 4 heterocycles. The SMILES string of the molecule is Cn1nc(-c2c3c(nn2C)[C@@H]2CCC[C@H](C3)N2)cc1C(F)(F)F. The lowest BCUT2D eigenvalue weighted by Gasteiger charge is -2.35. The summed E-state index contributed by atoms with van der Waals surface area (Å²) in [6.45, 7) is 0. The lowest BCUT2D eigenvalue weighted by Crippen LogP contribution is -2.42. The molecule has 124 valence electrons. The van der Waals surface area contributed by atoms with Crippen LogP contribution in [0.5, 0.6) is 0 Å². The average molecular weight is 325 g/mol. The molecular weight excluding hydrogens is 307 g/mol. The van der Waals surface area contributed by atoms with Gasteiger partial charge in [0, 0.05) is 25.7 Å². The molecule has 0 radical (unpaired) electrons. The van der Waals surface area contributed by atoms with Gasteiger partial charge in [-0.25, -0.2) is 0 Å². The van der Waals surface area contributed by atoms with Gasteiger partial charge in [-0.2, -0.15) is 23.4 Å². The largest absolute Gasteiger partial charge is 0.433 e. The van der Waals surface area contributed by atoms with Crippen molar-refractivity contribution in [2.75, 3.05) is 0 Å². The molecule has 23 heavy (non-hydrogen) atoms. The van der Waals surface area contributed by atoms with E-state index in [1.165, 1.54) is 7.05 Å². The third kappa shape index (κ3) is 2.27. The Balaban J connectivity index is 1.83. The van der Waals surface area contributed by atoms with Crippen LogP contribution < -0.4 is 5.32 Å². The molecule has 2 aliphatic rings.